The van der Waals surface area contributed by atoms with Gasteiger partial charge in [-0.15, -0.1) is 0 Å². The lowest BCUT2D eigenvalue weighted by Gasteiger charge is -2.29. The SMILES string of the molecule is CCC1(OC(=O)CCN2CCOCC2)C(=O)Cc2c1cc1n(c2=O)Cc2cc3cc(F)c(F)cc3nc2-1. The van der Waals surface area contributed by atoms with Gasteiger partial charge in [0, 0.05) is 54.2 Å². The first-order valence-corrected chi connectivity index (χ1v) is 12.4. The van der Waals surface area contributed by atoms with Crippen LogP contribution in [0.25, 0.3) is 22.3 Å². The minimum absolute atomic E-state index is 0.118. The van der Waals surface area contributed by atoms with Crippen LogP contribution >= 0.6 is 0 Å². The fourth-order valence-electron chi connectivity index (χ4n) is 5.64. The highest BCUT2D eigenvalue weighted by molar-refractivity contribution is 5.97. The average molecular weight is 510 g/mol. The van der Waals surface area contributed by atoms with Crippen LogP contribution in [0.3, 0.4) is 0 Å². The zero-order chi connectivity index (χ0) is 25.9. The molecule has 4 heterocycles. The summed E-state index contributed by atoms with van der Waals surface area (Å²) in [5.41, 5.74) is 0.674. The first-order valence-electron chi connectivity index (χ1n) is 12.4. The smallest absolute Gasteiger partial charge is 0.308 e. The molecule has 10 heteroatoms. The Morgan fingerprint density at radius 2 is 1.89 bits per heavy atom. The molecule has 0 amide bonds. The van der Waals surface area contributed by atoms with Crippen molar-refractivity contribution in [2.45, 2.75) is 38.3 Å². The van der Waals surface area contributed by atoms with E-state index in [4.69, 9.17) is 9.47 Å². The van der Waals surface area contributed by atoms with E-state index in [-0.39, 0.29) is 42.7 Å². The number of fused-ring (bicyclic) bond motifs is 5. The van der Waals surface area contributed by atoms with Gasteiger partial charge in [-0.05, 0) is 24.6 Å². The summed E-state index contributed by atoms with van der Waals surface area (Å²) in [5.74, 6) is -2.81. The van der Waals surface area contributed by atoms with E-state index in [1.54, 1.807) is 19.1 Å². The topological polar surface area (TPSA) is 90.7 Å². The van der Waals surface area contributed by atoms with Crippen molar-refractivity contribution < 1.29 is 27.8 Å². The number of Topliss-reactive ketones (excluding diaryl/α,β-unsaturated/α-hetero) is 1. The van der Waals surface area contributed by atoms with E-state index >= 15 is 0 Å². The van der Waals surface area contributed by atoms with Gasteiger partial charge in [0.15, 0.2) is 23.0 Å². The van der Waals surface area contributed by atoms with Gasteiger partial charge in [0.05, 0.1) is 43.1 Å². The fourth-order valence-corrected chi connectivity index (χ4v) is 5.64. The van der Waals surface area contributed by atoms with Crippen LogP contribution in [-0.2, 0) is 37.6 Å². The summed E-state index contributed by atoms with van der Waals surface area (Å²) in [7, 11) is 0. The normalized spacial score (nSPS) is 20.7. The second kappa shape index (κ2) is 8.81. The molecule has 0 saturated carbocycles. The number of pyridine rings is 2. The quantitative estimate of drug-likeness (QED) is 0.382. The lowest BCUT2D eigenvalue weighted by molar-refractivity contribution is -0.168. The number of esters is 1. The summed E-state index contributed by atoms with van der Waals surface area (Å²) in [6, 6.07) is 5.50. The van der Waals surface area contributed by atoms with Crippen LogP contribution in [0, 0.1) is 11.6 Å². The molecule has 0 N–H and O–H groups in total. The molecule has 3 aromatic rings. The second-order valence-corrected chi connectivity index (χ2v) is 9.73. The zero-order valence-corrected chi connectivity index (χ0v) is 20.3. The molecule has 6 rings (SSSR count). The van der Waals surface area contributed by atoms with Crippen LogP contribution in [0.15, 0.2) is 29.1 Å². The molecule has 0 bridgehead atoms. The van der Waals surface area contributed by atoms with Gasteiger partial charge in [0.2, 0.25) is 0 Å². The molecule has 1 atom stereocenters. The van der Waals surface area contributed by atoms with E-state index in [0.29, 0.717) is 53.2 Å². The molecule has 1 saturated heterocycles. The summed E-state index contributed by atoms with van der Waals surface area (Å²) < 4.78 is 40.4. The Labute approximate surface area is 210 Å². The highest BCUT2D eigenvalue weighted by atomic mass is 19.2. The van der Waals surface area contributed by atoms with Crippen molar-refractivity contribution in [3.05, 3.63) is 62.9 Å². The monoisotopic (exact) mass is 509 g/mol. The number of halogens is 2. The zero-order valence-electron chi connectivity index (χ0n) is 20.3. The van der Waals surface area contributed by atoms with Crippen molar-refractivity contribution in [3.8, 4) is 11.4 Å². The van der Waals surface area contributed by atoms with Crippen molar-refractivity contribution in [2.24, 2.45) is 0 Å². The molecule has 0 radical (unpaired) electrons. The largest absolute Gasteiger partial charge is 0.446 e. The first-order chi connectivity index (χ1) is 17.8. The van der Waals surface area contributed by atoms with E-state index in [0.717, 1.165) is 25.2 Å². The van der Waals surface area contributed by atoms with E-state index in [1.807, 2.05) is 0 Å². The number of ketones is 1. The Morgan fingerprint density at radius 3 is 2.65 bits per heavy atom. The lowest BCUT2D eigenvalue weighted by atomic mass is 9.91. The van der Waals surface area contributed by atoms with Crippen molar-refractivity contribution in [2.75, 3.05) is 32.8 Å². The maximum absolute atomic E-state index is 13.9. The maximum atomic E-state index is 13.9. The molecule has 0 spiro atoms. The minimum atomic E-state index is -1.54. The maximum Gasteiger partial charge on any atom is 0.308 e. The van der Waals surface area contributed by atoms with Crippen molar-refractivity contribution in [1.29, 1.82) is 0 Å². The van der Waals surface area contributed by atoms with Gasteiger partial charge in [0.25, 0.3) is 5.56 Å². The van der Waals surface area contributed by atoms with Crippen LogP contribution in [0.2, 0.25) is 0 Å². The van der Waals surface area contributed by atoms with Crippen molar-refractivity contribution >= 4 is 22.7 Å². The molecule has 1 aliphatic carbocycles. The molecule has 2 aromatic heterocycles. The molecule has 192 valence electrons. The summed E-state index contributed by atoms with van der Waals surface area (Å²) in [4.78, 5) is 46.3. The number of benzene rings is 1. The third kappa shape index (κ3) is 3.77. The van der Waals surface area contributed by atoms with E-state index in [9.17, 15) is 23.2 Å². The van der Waals surface area contributed by atoms with Crippen molar-refractivity contribution in [1.82, 2.24) is 14.5 Å². The van der Waals surface area contributed by atoms with Gasteiger partial charge < -0.3 is 14.0 Å². The van der Waals surface area contributed by atoms with Crippen LogP contribution in [0.1, 0.15) is 36.5 Å². The number of ether oxygens (including phenoxy) is 2. The van der Waals surface area contributed by atoms with Gasteiger partial charge in [0.1, 0.15) is 0 Å². The standard InChI is InChI=1S/C27H25F2N3O5/c1-2-27(37-24(34)3-4-31-5-7-36-8-6-31)18-12-22-25-16(14-32(22)26(35)17(18)11-23(27)33)9-15-10-19(28)20(29)13-21(15)30-25/h9-10,12-13H,2-8,11,14H2,1H3. The first kappa shape index (κ1) is 23.9. The molecular weight excluding hydrogens is 484 g/mol. The number of hydrogen-bond acceptors (Lipinski definition) is 7. The van der Waals surface area contributed by atoms with Crippen LogP contribution in [0.4, 0.5) is 8.78 Å². The average Bonchev–Trinajstić information content (AvgIpc) is 3.38. The van der Waals surface area contributed by atoms with E-state index in [1.165, 1.54) is 4.57 Å². The number of rotatable bonds is 5. The number of nitrogens with zero attached hydrogens (tertiary/aromatic N) is 3. The molecule has 1 fully saturated rings. The van der Waals surface area contributed by atoms with Crippen LogP contribution in [0.5, 0.6) is 0 Å². The van der Waals surface area contributed by atoms with Gasteiger partial charge in [-0.3, -0.25) is 19.3 Å². The van der Waals surface area contributed by atoms with Gasteiger partial charge in [-0.25, -0.2) is 13.8 Å². The Morgan fingerprint density at radius 1 is 1.14 bits per heavy atom. The lowest BCUT2D eigenvalue weighted by Crippen LogP contribution is -2.40. The number of aromatic nitrogens is 2. The third-order valence-electron chi connectivity index (χ3n) is 7.65. The minimum Gasteiger partial charge on any atom is -0.446 e. The van der Waals surface area contributed by atoms with Crippen molar-refractivity contribution in [3.63, 3.8) is 0 Å². The van der Waals surface area contributed by atoms with Gasteiger partial charge in [-0.1, -0.05) is 6.92 Å². The van der Waals surface area contributed by atoms with Crippen LogP contribution in [-0.4, -0.2) is 59.1 Å². The predicted molar refractivity (Wildman–Crippen MR) is 129 cm³/mol. The molecule has 37 heavy (non-hydrogen) atoms. The van der Waals surface area contributed by atoms with Crippen LogP contribution < -0.4 is 5.56 Å². The summed E-state index contributed by atoms with van der Waals surface area (Å²) >= 11 is 0. The molecule has 3 aliphatic rings. The molecule has 8 nitrogen and oxygen atoms in total. The molecular formula is C27H25F2N3O5. The fraction of sp³-hybridized carbons (Fsp3) is 0.407. The highest BCUT2D eigenvalue weighted by Gasteiger charge is 2.50. The van der Waals surface area contributed by atoms with Gasteiger partial charge in [-0.2, -0.15) is 0 Å². The number of carbonyl (C=O) groups is 2. The summed E-state index contributed by atoms with van der Waals surface area (Å²) in [6.07, 6.45) is 0.182. The summed E-state index contributed by atoms with van der Waals surface area (Å²) in [6.45, 7) is 5.14. The third-order valence-corrected chi connectivity index (χ3v) is 7.65. The number of hydrogen-bond donors (Lipinski definition) is 0. The number of morpholine rings is 1. The Kier molecular flexibility index (Phi) is 5.68. The Bertz CT molecular complexity index is 1530. The van der Waals surface area contributed by atoms with E-state index < -0.39 is 23.2 Å². The highest BCUT2D eigenvalue weighted by Crippen LogP contribution is 2.42. The number of carbonyl (C=O) groups excluding carboxylic acids is 2. The second-order valence-electron chi connectivity index (χ2n) is 9.73. The Balaban J connectivity index is 1.37. The molecule has 1 unspecified atom stereocenters. The Hall–Kier alpha value is -3.50. The molecule has 2 aliphatic heterocycles. The predicted octanol–water partition coefficient (Wildman–Crippen LogP) is 2.70. The van der Waals surface area contributed by atoms with Gasteiger partial charge >= 0.3 is 5.97 Å². The molecule has 1 aromatic carbocycles. The summed E-state index contributed by atoms with van der Waals surface area (Å²) in [5, 5.41) is 0.429. The van der Waals surface area contributed by atoms with E-state index in [2.05, 4.69) is 9.88 Å².